The summed E-state index contributed by atoms with van der Waals surface area (Å²) >= 11 is 0. The van der Waals surface area contributed by atoms with E-state index in [-0.39, 0.29) is 24.6 Å². The first-order chi connectivity index (χ1) is 13.0. The van der Waals surface area contributed by atoms with Crippen molar-refractivity contribution in [1.82, 2.24) is 4.72 Å². The van der Waals surface area contributed by atoms with Crippen LogP contribution in [0, 0.1) is 0 Å². The lowest BCUT2D eigenvalue weighted by atomic mass is 10.2. The van der Waals surface area contributed by atoms with Crippen LogP contribution in [-0.4, -0.2) is 40.2 Å². The number of hydrogen-bond acceptors (Lipinski definition) is 6. The van der Waals surface area contributed by atoms with Gasteiger partial charge in [-0.1, -0.05) is 30.3 Å². The number of carbonyl (C=O) groups is 1. The van der Waals surface area contributed by atoms with Gasteiger partial charge in [0.25, 0.3) is 0 Å². The fraction of sp³-hybridized carbons (Fsp3) is 0.316. The zero-order valence-electron chi connectivity index (χ0n) is 15.0. The summed E-state index contributed by atoms with van der Waals surface area (Å²) in [5, 5.41) is 3.05. The monoisotopic (exact) mass is 390 g/mol. The van der Waals surface area contributed by atoms with E-state index in [1.807, 2.05) is 30.3 Å². The Morgan fingerprint density at radius 1 is 1.26 bits per heavy atom. The largest absolute Gasteiger partial charge is 0.475 e. The summed E-state index contributed by atoms with van der Waals surface area (Å²) < 4.78 is 38.3. The standard InChI is InChI=1S/C19H22N2O5S/c1-2-25-19(22)18-13-20-16-9-8-15(12-17(16)26-18)27(23,24)21-11-10-14-6-4-3-5-7-14/h3-9,12,18,20-21H,2,10-11,13H2,1H3. The van der Waals surface area contributed by atoms with Crippen molar-refractivity contribution < 1.29 is 22.7 Å². The van der Waals surface area contributed by atoms with E-state index in [0.29, 0.717) is 17.9 Å². The number of sulfonamides is 1. The fourth-order valence-corrected chi connectivity index (χ4v) is 3.78. The van der Waals surface area contributed by atoms with Crippen molar-refractivity contribution in [3.8, 4) is 5.75 Å². The maximum atomic E-state index is 12.5. The lowest BCUT2D eigenvalue weighted by molar-refractivity contribution is -0.150. The van der Waals surface area contributed by atoms with E-state index in [4.69, 9.17) is 9.47 Å². The maximum absolute atomic E-state index is 12.5. The Balaban J connectivity index is 1.68. The van der Waals surface area contributed by atoms with E-state index < -0.39 is 22.1 Å². The molecular formula is C19H22N2O5S. The molecule has 1 atom stereocenters. The highest BCUT2D eigenvalue weighted by Crippen LogP contribution is 2.31. The number of esters is 1. The minimum absolute atomic E-state index is 0.0839. The van der Waals surface area contributed by atoms with Gasteiger partial charge in [0.2, 0.25) is 16.1 Å². The van der Waals surface area contributed by atoms with E-state index in [1.54, 1.807) is 13.0 Å². The van der Waals surface area contributed by atoms with E-state index in [9.17, 15) is 13.2 Å². The van der Waals surface area contributed by atoms with E-state index in [2.05, 4.69) is 10.0 Å². The molecule has 27 heavy (non-hydrogen) atoms. The third-order valence-electron chi connectivity index (χ3n) is 4.11. The van der Waals surface area contributed by atoms with Crippen LogP contribution in [0.5, 0.6) is 5.75 Å². The number of hydrogen-bond donors (Lipinski definition) is 2. The van der Waals surface area contributed by atoms with Gasteiger partial charge in [0.15, 0.2) is 0 Å². The molecule has 0 fully saturated rings. The number of rotatable bonds is 7. The van der Waals surface area contributed by atoms with Gasteiger partial charge in [-0.2, -0.15) is 0 Å². The van der Waals surface area contributed by atoms with Crippen LogP contribution >= 0.6 is 0 Å². The molecule has 8 heteroatoms. The summed E-state index contributed by atoms with van der Waals surface area (Å²) in [6.45, 7) is 2.53. The molecule has 0 aromatic heterocycles. The van der Waals surface area contributed by atoms with Gasteiger partial charge < -0.3 is 14.8 Å². The van der Waals surface area contributed by atoms with Crippen molar-refractivity contribution in [2.45, 2.75) is 24.3 Å². The topological polar surface area (TPSA) is 93.7 Å². The lowest BCUT2D eigenvalue weighted by Gasteiger charge is -2.26. The first-order valence-corrected chi connectivity index (χ1v) is 10.2. The summed E-state index contributed by atoms with van der Waals surface area (Å²) in [6, 6.07) is 14.2. The molecule has 1 heterocycles. The summed E-state index contributed by atoms with van der Waals surface area (Å²) in [6.07, 6.45) is -0.213. The molecule has 3 rings (SSSR count). The predicted octanol–water partition coefficient (Wildman–Crippen LogP) is 1.94. The molecule has 0 amide bonds. The second-order valence-electron chi connectivity index (χ2n) is 6.03. The van der Waals surface area contributed by atoms with Gasteiger partial charge in [-0.25, -0.2) is 17.9 Å². The Hall–Kier alpha value is -2.58. The number of nitrogens with one attached hydrogen (secondary N) is 2. The van der Waals surface area contributed by atoms with Crippen LogP contribution < -0.4 is 14.8 Å². The highest BCUT2D eigenvalue weighted by Gasteiger charge is 2.28. The molecule has 7 nitrogen and oxygen atoms in total. The number of fused-ring (bicyclic) bond motifs is 1. The number of carbonyl (C=O) groups excluding carboxylic acids is 1. The second kappa shape index (κ2) is 8.41. The first-order valence-electron chi connectivity index (χ1n) is 8.74. The Morgan fingerprint density at radius 3 is 2.78 bits per heavy atom. The molecule has 1 aliphatic heterocycles. The van der Waals surface area contributed by atoms with Crippen LogP contribution in [-0.2, 0) is 26.0 Å². The predicted molar refractivity (Wildman–Crippen MR) is 101 cm³/mol. The van der Waals surface area contributed by atoms with Crippen LogP contribution in [0.25, 0.3) is 0 Å². The molecule has 0 saturated heterocycles. The van der Waals surface area contributed by atoms with Crippen LogP contribution in [0.15, 0.2) is 53.4 Å². The van der Waals surface area contributed by atoms with Gasteiger partial charge in [-0.15, -0.1) is 0 Å². The zero-order chi connectivity index (χ0) is 19.3. The van der Waals surface area contributed by atoms with Crippen LogP contribution in [0.1, 0.15) is 12.5 Å². The number of benzene rings is 2. The van der Waals surface area contributed by atoms with Crippen molar-refractivity contribution >= 4 is 21.7 Å². The molecule has 2 aromatic rings. The minimum Gasteiger partial charge on any atom is -0.475 e. The number of anilines is 1. The van der Waals surface area contributed by atoms with Gasteiger partial charge in [-0.3, -0.25) is 0 Å². The average molecular weight is 390 g/mol. The zero-order valence-corrected chi connectivity index (χ0v) is 15.8. The van der Waals surface area contributed by atoms with Gasteiger partial charge >= 0.3 is 5.97 Å². The Kier molecular flexibility index (Phi) is 5.98. The molecule has 0 aliphatic carbocycles. The Bertz CT molecular complexity index is 900. The molecule has 0 spiro atoms. The quantitative estimate of drug-likeness (QED) is 0.702. The van der Waals surface area contributed by atoms with Crippen molar-refractivity contribution in [1.29, 1.82) is 0 Å². The third-order valence-corrected chi connectivity index (χ3v) is 5.57. The molecule has 0 radical (unpaired) electrons. The summed E-state index contributed by atoms with van der Waals surface area (Å²) in [7, 11) is -3.69. The highest BCUT2D eigenvalue weighted by molar-refractivity contribution is 7.89. The fourth-order valence-electron chi connectivity index (χ4n) is 2.74. The normalized spacial score (nSPS) is 16.0. The van der Waals surface area contributed by atoms with Gasteiger partial charge in [0.1, 0.15) is 5.75 Å². The van der Waals surface area contributed by atoms with Crippen molar-refractivity contribution in [2.75, 3.05) is 25.0 Å². The summed E-state index contributed by atoms with van der Waals surface area (Å²) in [5.74, 6) is -0.171. The van der Waals surface area contributed by atoms with Gasteiger partial charge in [-0.05, 0) is 31.0 Å². The van der Waals surface area contributed by atoms with Crippen LogP contribution in [0.3, 0.4) is 0 Å². The van der Waals surface area contributed by atoms with E-state index in [1.165, 1.54) is 12.1 Å². The lowest BCUT2D eigenvalue weighted by Crippen LogP contribution is -2.39. The minimum atomic E-state index is -3.69. The maximum Gasteiger partial charge on any atom is 0.349 e. The van der Waals surface area contributed by atoms with E-state index in [0.717, 1.165) is 5.56 Å². The summed E-state index contributed by atoms with van der Waals surface area (Å²) in [4.78, 5) is 11.9. The van der Waals surface area contributed by atoms with Crippen molar-refractivity contribution in [2.24, 2.45) is 0 Å². The molecule has 1 unspecified atom stereocenters. The second-order valence-corrected chi connectivity index (χ2v) is 7.80. The SMILES string of the molecule is CCOC(=O)C1CNc2ccc(S(=O)(=O)NCCc3ccccc3)cc2O1. The molecule has 2 N–H and O–H groups in total. The van der Waals surface area contributed by atoms with Gasteiger partial charge in [0, 0.05) is 12.6 Å². The molecule has 0 bridgehead atoms. The van der Waals surface area contributed by atoms with Crippen molar-refractivity contribution in [3.05, 3.63) is 54.1 Å². The van der Waals surface area contributed by atoms with Crippen molar-refractivity contribution in [3.63, 3.8) is 0 Å². The summed E-state index contributed by atoms with van der Waals surface area (Å²) in [5.41, 5.74) is 1.69. The van der Waals surface area contributed by atoms with Crippen LogP contribution in [0.2, 0.25) is 0 Å². The molecule has 0 saturated carbocycles. The Labute approximate surface area is 158 Å². The Morgan fingerprint density at radius 2 is 2.04 bits per heavy atom. The molecule has 144 valence electrons. The first kappa shape index (κ1) is 19.2. The molecule has 2 aromatic carbocycles. The molecule has 1 aliphatic rings. The smallest absolute Gasteiger partial charge is 0.349 e. The van der Waals surface area contributed by atoms with E-state index >= 15 is 0 Å². The average Bonchev–Trinajstić information content (AvgIpc) is 2.68. The number of ether oxygens (including phenoxy) is 2. The van der Waals surface area contributed by atoms with Crippen LogP contribution in [0.4, 0.5) is 5.69 Å². The molecular weight excluding hydrogens is 368 g/mol. The highest BCUT2D eigenvalue weighted by atomic mass is 32.2. The van der Waals surface area contributed by atoms with Gasteiger partial charge in [0.05, 0.1) is 23.7 Å². The third kappa shape index (κ3) is 4.78.